The summed E-state index contributed by atoms with van der Waals surface area (Å²) in [5.41, 5.74) is 0.107. The molecule has 0 saturated carbocycles. The Balaban J connectivity index is 3.45. The highest BCUT2D eigenvalue weighted by molar-refractivity contribution is 9.08. The standard InChI is InChI=1S/C9H6BrNO3/c10-3-5-1-2-6(9(13)14)7(4-11)8(5)12/h1-2,12H,3H2,(H,13,14). The largest absolute Gasteiger partial charge is 0.506 e. The van der Waals surface area contributed by atoms with Gasteiger partial charge in [0.05, 0.1) is 5.56 Å². The fraction of sp³-hybridized carbons (Fsp3) is 0.111. The summed E-state index contributed by atoms with van der Waals surface area (Å²) in [5.74, 6) is -1.50. The summed E-state index contributed by atoms with van der Waals surface area (Å²) in [5, 5.41) is 27.3. The predicted octanol–water partition coefficient (Wildman–Crippen LogP) is 1.86. The lowest BCUT2D eigenvalue weighted by Crippen LogP contribution is -2.01. The molecule has 1 aromatic carbocycles. The summed E-state index contributed by atoms with van der Waals surface area (Å²) < 4.78 is 0. The highest BCUT2D eigenvalue weighted by atomic mass is 79.9. The van der Waals surface area contributed by atoms with E-state index in [9.17, 15) is 9.90 Å². The number of benzene rings is 1. The first kappa shape index (κ1) is 10.5. The first-order valence-corrected chi connectivity index (χ1v) is 4.78. The average Bonchev–Trinajstić information content (AvgIpc) is 2.17. The van der Waals surface area contributed by atoms with Crippen LogP contribution in [0.4, 0.5) is 0 Å². The molecule has 14 heavy (non-hydrogen) atoms. The molecule has 0 bridgehead atoms. The van der Waals surface area contributed by atoms with Gasteiger partial charge in [-0.05, 0) is 6.07 Å². The van der Waals surface area contributed by atoms with Gasteiger partial charge in [0.25, 0.3) is 0 Å². The van der Waals surface area contributed by atoms with E-state index >= 15 is 0 Å². The second kappa shape index (κ2) is 4.11. The number of aromatic carboxylic acids is 1. The maximum atomic E-state index is 10.7. The summed E-state index contributed by atoms with van der Waals surface area (Å²) in [6.07, 6.45) is 0. The van der Waals surface area contributed by atoms with Crippen LogP contribution in [0.15, 0.2) is 12.1 Å². The number of carboxylic acids is 1. The van der Waals surface area contributed by atoms with Crippen LogP contribution >= 0.6 is 15.9 Å². The van der Waals surface area contributed by atoms with E-state index in [0.29, 0.717) is 10.9 Å². The number of phenols is 1. The van der Waals surface area contributed by atoms with Crippen LogP contribution in [0.3, 0.4) is 0 Å². The Morgan fingerprint density at radius 3 is 2.64 bits per heavy atom. The number of halogens is 1. The number of hydrogen-bond acceptors (Lipinski definition) is 3. The summed E-state index contributed by atoms with van der Waals surface area (Å²) >= 11 is 3.12. The van der Waals surface area contributed by atoms with Crippen molar-refractivity contribution < 1.29 is 15.0 Å². The Labute approximate surface area is 88.5 Å². The van der Waals surface area contributed by atoms with Gasteiger partial charge in [0, 0.05) is 10.9 Å². The minimum Gasteiger partial charge on any atom is -0.506 e. The van der Waals surface area contributed by atoms with Crippen molar-refractivity contribution in [3.63, 3.8) is 0 Å². The number of carbonyl (C=O) groups is 1. The molecule has 0 unspecified atom stereocenters. The first-order chi connectivity index (χ1) is 6.61. The van der Waals surface area contributed by atoms with Crippen LogP contribution in [0.1, 0.15) is 21.5 Å². The van der Waals surface area contributed by atoms with Gasteiger partial charge in [-0.3, -0.25) is 0 Å². The van der Waals surface area contributed by atoms with Crippen molar-refractivity contribution in [1.29, 1.82) is 5.26 Å². The van der Waals surface area contributed by atoms with Gasteiger partial charge in [-0.15, -0.1) is 0 Å². The molecule has 2 N–H and O–H groups in total. The Morgan fingerprint density at radius 2 is 2.21 bits per heavy atom. The summed E-state index contributed by atoms with van der Waals surface area (Å²) in [6.45, 7) is 0. The van der Waals surface area contributed by atoms with Gasteiger partial charge in [0.2, 0.25) is 0 Å². The molecule has 0 heterocycles. The van der Waals surface area contributed by atoms with Crippen molar-refractivity contribution in [2.75, 3.05) is 0 Å². The lowest BCUT2D eigenvalue weighted by atomic mass is 10.0. The van der Waals surface area contributed by atoms with E-state index in [0.717, 1.165) is 0 Å². The maximum Gasteiger partial charge on any atom is 0.337 e. The molecule has 5 heteroatoms. The number of nitrogens with zero attached hydrogens (tertiary/aromatic N) is 1. The number of hydrogen-bond donors (Lipinski definition) is 2. The van der Waals surface area contributed by atoms with E-state index in [-0.39, 0.29) is 16.9 Å². The molecular formula is C9H6BrNO3. The molecule has 0 saturated heterocycles. The van der Waals surface area contributed by atoms with Gasteiger partial charge < -0.3 is 10.2 Å². The van der Waals surface area contributed by atoms with Crippen LogP contribution in [-0.4, -0.2) is 16.2 Å². The number of nitriles is 1. The average molecular weight is 256 g/mol. The third-order valence-electron chi connectivity index (χ3n) is 1.75. The van der Waals surface area contributed by atoms with Gasteiger partial charge in [-0.25, -0.2) is 4.79 Å². The zero-order chi connectivity index (χ0) is 10.7. The van der Waals surface area contributed by atoms with Crippen LogP contribution in [0.5, 0.6) is 5.75 Å². The SMILES string of the molecule is N#Cc1c(C(=O)O)ccc(CBr)c1O. The molecule has 0 aliphatic heterocycles. The Hall–Kier alpha value is -1.54. The van der Waals surface area contributed by atoms with E-state index in [2.05, 4.69) is 15.9 Å². The smallest absolute Gasteiger partial charge is 0.337 e. The molecule has 0 aromatic heterocycles. The van der Waals surface area contributed by atoms with E-state index in [1.165, 1.54) is 12.1 Å². The number of aromatic hydroxyl groups is 1. The Bertz CT molecular complexity index is 423. The van der Waals surface area contributed by atoms with Crippen molar-refractivity contribution in [2.24, 2.45) is 0 Å². The normalized spacial score (nSPS) is 9.43. The van der Waals surface area contributed by atoms with E-state index in [1.807, 2.05) is 0 Å². The van der Waals surface area contributed by atoms with E-state index in [1.54, 1.807) is 6.07 Å². The number of alkyl halides is 1. The highest BCUT2D eigenvalue weighted by Gasteiger charge is 2.16. The first-order valence-electron chi connectivity index (χ1n) is 3.66. The third-order valence-corrected chi connectivity index (χ3v) is 2.35. The minimum absolute atomic E-state index is 0.185. The molecule has 72 valence electrons. The van der Waals surface area contributed by atoms with Crippen molar-refractivity contribution in [3.8, 4) is 11.8 Å². The van der Waals surface area contributed by atoms with Gasteiger partial charge in [0.15, 0.2) is 0 Å². The lowest BCUT2D eigenvalue weighted by molar-refractivity contribution is 0.0696. The molecule has 0 amide bonds. The van der Waals surface area contributed by atoms with Crippen molar-refractivity contribution in [2.45, 2.75) is 5.33 Å². The molecule has 0 atom stereocenters. The number of rotatable bonds is 2. The van der Waals surface area contributed by atoms with Crippen molar-refractivity contribution in [3.05, 3.63) is 28.8 Å². The molecular weight excluding hydrogens is 250 g/mol. The molecule has 1 rings (SSSR count). The quantitative estimate of drug-likeness (QED) is 0.791. The van der Waals surface area contributed by atoms with E-state index in [4.69, 9.17) is 10.4 Å². The summed E-state index contributed by atoms with van der Waals surface area (Å²) in [4.78, 5) is 10.7. The minimum atomic E-state index is -1.22. The Morgan fingerprint density at radius 1 is 1.57 bits per heavy atom. The number of carboxylic acid groups (broad SMARTS) is 1. The third kappa shape index (κ3) is 1.70. The fourth-order valence-electron chi connectivity index (χ4n) is 1.03. The Kier molecular flexibility index (Phi) is 3.10. The molecule has 0 aliphatic carbocycles. The molecule has 0 radical (unpaired) electrons. The van der Waals surface area contributed by atoms with Gasteiger partial charge >= 0.3 is 5.97 Å². The summed E-state index contributed by atoms with van der Waals surface area (Å²) in [6, 6.07) is 4.44. The van der Waals surface area contributed by atoms with Gasteiger partial charge in [0.1, 0.15) is 17.4 Å². The van der Waals surface area contributed by atoms with E-state index < -0.39 is 5.97 Å². The monoisotopic (exact) mass is 255 g/mol. The summed E-state index contributed by atoms with van der Waals surface area (Å²) in [7, 11) is 0. The van der Waals surface area contributed by atoms with Gasteiger partial charge in [-0.2, -0.15) is 5.26 Å². The van der Waals surface area contributed by atoms with Crippen LogP contribution in [-0.2, 0) is 5.33 Å². The molecule has 0 fully saturated rings. The molecule has 0 aliphatic rings. The molecule has 4 nitrogen and oxygen atoms in total. The molecule has 1 aromatic rings. The van der Waals surface area contributed by atoms with Crippen LogP contribution in [0.2, 0.25) is 0 Å². The van der Waals surface area contributed by atoms with Crippen LogP contribution < -0.4 is 0 Å². The number of phenolic OH excluding ortho intramolecular Hbond substituents is 1. The highest BCUT2D eigenvalue weighted by Crippen LogP contribution is 2.27. The van der Waals surface area contributed by atoms with Crippen LogP contribution in [0.25, 0.3) is 0 Å². The topological polar surface area (TPSA) is 81.3 Å². The fourth-order valence-corrected chi connectivity index (χ4v) is 1.49. The second-order valence-corrected chi connectivity index (χ2v) is 3.11. The molecule has 0 spiro atoms. The van der Waals surface area contributed by atoms with Gasteiger partial charge in [-0.1, -0.05) is 22.0 Å². The second-order valence-electron chi connectivity index (χ2n) is 2.55. The zero-order valence-electron chi connectivity index (χ0n) is 6.99. The van der Waals surface area contributed by atoms with Crippen LogP contribution in [0, 0.1) is 11.3 Å². The predicted molar refractivity (Wildman–Crippen MR) is 52.4 cm³/mol. The maximum absolute atomic E-state index is 10.7. The zero-order valence-corrected chi connectivity index (χ0v) is 8.58. The lowest BCUT2D eigenvalue weighted by Gasteiger charge is -2.04. The van der Waals surface area contributed by atoms with Crippen molar-refractivity contribution >= 4 is 21.9 Å². The van der Waals surface area contributed by atoms with Crippen molar-refractivity contribution in [1.82, 2.24) is 0 Å².